The van der Waals surface area contributed by atoms with Crippen LogP contribution >= 0.6 is 0 Å². The summed E-state index contributed by atoms with van der Waals surface area (Å²) in [4.78, 5) is 0. The second-order valence-corrected chi connectivity index (χ2v) is 4.03. The minimum atomic E-state index is 0.693. The first kappa shape index (κ1) is 12.7. The van der Waals surface area contributed by atoms with Gasteiger partial charge in [0.15, 0.2) is 0 Å². The number of rotatable bonds is 5. The number of nitrogens with two attached hydrogens (primary N) is 1. The zero-order chi connectivity index (χ0) is 10.4. The van der Waals surface area contributed by atoms with E-state index in [9.17, 15) is 0 Å². The minimum Gasteiger partial charge on any atom is -0.327 e. The van der Waals surface area contributed by atoms with Gasteiger partial charge in [0.2, 0.25) is 0 Å². The molecule has 1 nitrogen and oxygen atoms in total. The standard InChI is InChI=1S/C12H25N/c1-6-12(7-2)11(5)10(4)9(3)8-13/h11-12H,6-8,13H2,1-5H3. The summed E-state index contributed by atoms with van der Waals surface area (Å²) < 4.78 is 0. The molecule has 0 spiro atoms. The monoisotopic (exact) mass is 183 g/mol. The van der Waals surface area contributed by atoms with Crippen LogP contribution in [0, 0.1) is 11.8 Å². The van der Waals surface area contributed by atoms with E-state index >= 15 is 0 Å². The van der Waals surface area contributed by atoms with Gasteiger partial charge in [0.05, 0.1) is 0 Å². The van der Waals surface area contributed by atoms with E-state index in [1.165, 1.54) is 24.0 Å². The zero-order valence-electron chi connectivity index (χ0n) is 9.85. The summed E-state index contributed by atoms with van der Waals surface area (Å²) in [6.07, 6.45) is 2.54. The highest BCUT2D eigenvalue weighted by Crippen LogP contribution is 2.27. The fraction of sp³-hybridized carbons (Fsp3) is 0.833. The molecule has 13 heavy (non-hydrogen) atoms. The van der Waals surface area contributed by atoms with E-state index in [-0.39, 0.29) is 0 Å². The van der Waals surface area contributed by atoms with Gasteiger partial charge in [-0.2, -0.15) is 0 Å². The van der Waals surface area contributed by atoms with Gasteiger partial charge in [-0.05, 0) is 25.7 Å². The van der Waals surface area contributed by atoms with Crippen molar-refractivity contribution < 1.29 is 0 Å². The Bertz CT molecular complexity index is 166. The van der Waals surface area contributed by atoms with Crippen LogP contribution in [0.4, 0.5) is 0 Å². The van der Waals surface area contributed by atoms with Crippen molar-refractivity contribution in [2.45, 2.75) is 47.5 Å². The van der Waals surface area contributed by atoms with Crippen LogP contribution in [0.1, 0.15) is 47.5 Å². The highest BCUT2D eigenvalue weighted by Gasteiger charge is 2.15. The van der Waals surface area contributed by atoms with Crippen molar-refractivity contribution in [3.63, 3.8) is 0 Å². The molecule has 1 heteroatoms. The zero-order valence-corrected chi connectivity index (χ0v) is 9.85. The summed E-state index contributed by atoms with van der Waals surface area (Å²) in [5.41, 5.74) is 8.49. The Hall–Kier alpha value is -0.300. The molecule has 78 valence electrons. The van der Waals surface area contributed by atoms with Gasteiger partial charge < -0.3 is 5.73 Å². The van der Waals surface area contributed by atoms with Crippen molar-refractivity contribution in [1.82, 2.24) is 0 Å². The lowest BCUT2D eigenvalue weighted by atomic mass is 9.83. The Morgan fingerprint density at radius 2 is 1.62 bits per heavy atom. The molecule has 2 N–H and O–H groups in total. The Morgan fingerprint density at radius 3 is 1.92 bits per heavy atom. The molecule has 0 bridgehead atoms. The van der Waals surface area contributed by atoms with Crippen LogP contribution in [0.15, 0.2) is 11.1 Å². The van der Waals surface area contributed by atoms with E-state index in [0.29, 0.717) is 12.5 Å². The van der Waals surface area contributed by atoms with E-state index in [1.54, 1.807) is 0 Å². The van der Waals surface area contributed by atoms with Gasteiger partial charge in [-0.1, -0.05) is 44.8 Å². The molecule has 0 fully saturated rings. The molecule has 0 radical (unpaired) electrons. The fourth-order valence-corrected chi connectivity index (χ4v) is 1.90. The largest absolute Gasteiger partial charge is 0.327 e. The molecule has 0 saturated carbocycles. The van der Waals surface area contributed by atoms with E-state index < -0.39 is 0 Å². The second-order valence-electron chi connectivity index (χ2n) is 4.03. The first-order chi connectivity index (χ1) is 6.08. The molecule has 0 saturated heterocycles. The minimum absolute atomic E-state index is 0.693. The van der Waals surface area contributed by atoms with Gasteiger partial charge in [-0.15, -0.1) is 0 Å². The van der Waals surface area contributed by atoms with Crippen LogP contribution in [0.3, 0.4) is 0 Å². The molecule has 0 aliphatic heterocycles. The van der Waals surface area contributed by atoms with Gasteiger partial charge in [0.25, 0.3) is 0 Å². The lowest BCUT2D eigenvalue weighted by molar-refractivity contribution is 0.377. The summed E-state index contributed by atoms with van der Waals surface area (Å²) >= 11 is 0. The van der Waals surface area contributed by atoms with Gasteiger partial charge in [0, 0.05) is 6.54 Å². The van der Waals surface area contributed by atoms with Crippen molar-refractivity contribution in [1.29, 1.82) is 0 Å². The summed E-state index contributed by atoms with van der Waals surface area (Å²) in [5.74, 6) is 1.51. The summed E-state index contributed by atoms with van der Waals surface area (Å²) in [7, 11) is 0. The maximum atomic E-state index is 5.64. The highest BCUT2D eigenvalue weighted by molar-refractivity contribution is 5.14. The third-order valence-electron chi connectivity index (χ3n) is 3.42. The van der Waals surface area contributed by atoms with E-state index in [1.807, 2.05) is 0 Å². The molecule has 0 rings (SSSR count). The first-order valence-electron chi connectivity index (χ1n) is 5.44. The molecular weight excluding hydrogens is 158 g/mol. The maximum absolute atomic E-state index is 5.64. The average Bonchev–Trinajstić information content (AvgIpc) is 2.17. The maximum Gasteiger partial charge on any atom is 0.0136 e. The summed E-state index contributed by atoms with van der Waals surface area (Å²) in [6, 6.07) is 0. The van der Waals surface area contributed by atoms with Crippen molar-refractivity contribution in [3.8, 4) is 0 Å². The topological polar surface area (TPSA) is 26.0 Å². The molecule has 0 amide bonds. The van der Waals surface area contributed by atoms with Gasteiger partial charge >= 0.3 is 0 Å². The molecule has 1 atom stereocenters. The Kier molecular flexibility index (Phi) is 6.06. The van der Waals surface area contributed by atoms with E-state index in [2.05, 4.69) is 34.6 Å². The van der Waals surface area contributed by atoms with Crippen LogP contribution in [0.25, 0.3) is 0 Å². The van der Waals surface area contributed by atoms with Gasteiger partial charge in [-0.25, -0.2) is 0 Å². The number of hydrogen-bond donors (Lipinski definition) is 1. The Labute approximate surface area is 83.4 Å². The Balaban J connectivity index is 4.47. The van der Waals surface area contributed by atoms with Crippen molar-refractivity contribution >= 4 is 0 Å². The lowest BCUT2D eigenvalue weighted by Gasteiger charge is -2.23. The molecule has 1 unspecified atom stereocenters. The third-order valence-corrected chi connectivity index (χ3v) is 3.42. The fourth-order valence-electron chi connectivity index (χ4n) is 1.90. The van der Waals surface area contributed by atoms with Crippen LogP contribution in [-0.4, -0.2) is 6.54 Å². The van der Waals surface area contributed by atoms with Crippen LogP contribution < -0.4 is 5.73 Å². The van der Waals surface area contributed by atoms with Crippen LogP contribution in [-0.2, 0) is 0 Å². The van der Waals surface area contributed by atoms with Crippen molar-refractivity contribution in [2.75, 3.05) is 6.54 Å². The lowest BCUT2D eigenvalue weighted by Crippen LogP contribution is -2.14. The normalized spacial score (nSPS) is 15.9. The van der Waals surface area contributed by atoms with Crippen molar-refractivity contribution in [3.05, 3.63) is 11.1 Å². The molecule has 0 aliphatic rings. The van der Waals surface area contributed by atoms with Gasteiger partial charge in [-0.3, -0.25) is 0 Å². The molecular formula is C12H25N. The molecule has 0 aromatic carbocycles. The smallest absolute Gasteiger partial charge is 0.0136 e. The molecule has 0 aromatic rings. The van der Waals surface area contributed by atoms with Crippen LogP contribution in [0.5, 0.6) is 0 Å². The number of hydrogen-bond acceptors (Lipinski definition) is 1. The predicted molar refractivity (Wildman–Crippen MR) is 60.7 cm³/mol. The Morgan fingerprint density at radius 1 is 1.15 bits per heavy atom. The van der Waals surface area contributed by atoms with E-state index in [4.69, 9.17) is 5.73 Å². The third kappa shape index (κ3) is 3.51. The van der Waals surface area contributed by atoms with Crippen LogP contribution in [0.2, 0.25) is 0 Å². The second kappa shape index (κ2) is 6.20. The summed E-state index contributed by atoms with van der Waals surface area (Å²) in [6.45, 7) is 12.0. The molecule has 0 heterocycles. The SMILES string of the molecule is CCC(CC)C(C)C(C)=C(C)CN. The predicted octanol–water partition coefficient (Wildman–Crippen LogP) is 3.35. The van der Waals surface area contributed by atoms with Crippen molar-refractivity contribution in [2.24, 2.45) is 17.6 Å². The average molecular weight is 183 g/mol. The molecule has 0 aliphatic carbocycles. The molecule has 0 aromatic heterocycles. The van der Waals surface area contributed by atoms with Gasteiger partial charge in [0.1, 0.15) is 0 Å². The summed E-state index contributed by atoms with van der Waals surface area (Å²) in [5, 5.41) is 0. The first-order valence-corrected chi connectivity index (χ1v) is 5.44. The quantitative estimate of drug-likeness (QED) is 0.650. The van der Waals surface area contributed by atoms with E-state index in [0.717, 1.165) is 5.92 Å². The highest BCUT2D eigenvalue weighted by atomic mass is 14.5. The number of allylic oxidation sites excluding steroid dienone is 1.